The van der Waals surface area contributed by atoms with E-state index in [0.717, 1.165) is 22.4 Å². The third-order valence-electron chi connectivity index (χ3n) is 2.99. The third kappa shape index (κ3) is 1.39. The van der Waals surface area contributed by atoms with Gasteiger partial charge in [-0.3, -0.25) is 9.89 Å². The molecule has 0 saturated heterocycles. The van der Waals surface area contributed by atoms with E-state index in [1.165, 1.54) is 0 Å². The van der Waals surface area contributed by atoms with Crippen LogP contribution in [-0.4, -0.2) is 23.2 Å². The largest absolute Gasteiger partial charge is 0.387 e. The second-order valence-electron chi connectivity index (χ2n) is 3.94. The van der Waals surface area contributed by atoms with Crippen molar-refractivity contribution in [3.05, 3.63) is 35.3 Å². The van der Waals surface area contributed by atoms with Crippen LogP contribution in [0.15, 0.2) is 18.5 Å². The monoisotopic (exact) mass is 228 g/mol. The molecule has 3 rings (SSSR count). The smallest absolute Gasteiger partial charge is 0.251 e. The SMILES string of the molecule is CNC(=O)c1cc2cn[nH]c3c-2c1CNC=C3. The van der Waals surface area contributed by atoms with Crippen LogP contribution in [0.5, 0.6) is 0 Å². The first-order valence-electron chi connectivity index (χ1n) is 5.42. The van der Waals surface area contributed by atoms with E-state index in [9.17, 15) is 4.79 Å². The summed E-state index contributed by atoms with van der Waals surface area (Å²) in [6.45, 7) is 0.646. The van der Waals surface area contributed by atoms with Crippen LogP contribution in [0, 0.1) is 0 Å². The average molecular weight is 228 g/mol. The Labute approximate surface area is 98.3 Å². The zero-order chi connectivity index (χ0) is 11.8. The minimum atomic E-state index is -0.0640. The molecule has 2 heterocycles. The van der Waals surface area contributed by atoms with Crippen LogP contribution in [0.25, 0.3) is 17.2 Å². The lowest BCUT2D eigenvalue weighted by Gasteiger charge is -2.06. The number of rotatable bonds is 1. The predicted octanol–water partition coefficient (Wildman–Crippen LogP) is 0.948. The summed E-state index contributed by atoms with van der Waals surface area (Å²) in [7, 11) is 1.64. The highest BCUT2D eigenvalue weighted by Gasteiger charge is 2.23. The average Bonchev–Trinajstić information content (AvgIpc) is 2.58. The van der Waals surface area contributed by atoms with E-state index in [-0.39, 0.29) is 5.91 Å². The Hall–Kier alpha value is -2.30. The van der Waals surface area contributed by atoms with Gasteiger partial charge in [0.25, 0.3) is 5.91 Å². The first-order valence-corrected chi connectivity index (χ1v) is 5.42. The van der Waals surface area contributed by atoms with Gasteiger partial charge in [-0.05, 0) is 23.9 Å². The second-order valence-corrected chi connectivity index (χ2v) is 3.94. The van der Waals surface area contributed by atoms with Crippen LogP contribution >= 0.6 is 0 Å². The standard InChI is InChI=1S/C12H12N4O/c1-13-12(17)8-4-7-5-15-16-10-2-3-14-6-9(8)11(7)10/h2-5,14,16H,6H2,1H3,(H,13,17). The van der Waals surface area contributed by atoms with Crippen molar-refractivity contribution in [2.75, 3.05) is 7.05 Å². The van der Waals surface area contributed by atoms with Crippen LogP contribution in [0.3, 0.4) is 0 Å². The molecule has 0 spiro atoms. The van der Waals surface area contributed by atoms with Gasteiger partial charge in [0.15, 0.2) is 0 Å². The Bertz CT molecular complexity index is 585. The fraction of sp³-hybridized carbons (Fsp3) is 0.167. The zero-order valence-electron chi connectivity index (χ0n) is 9.37. The maximum absolute atomic E-state index is 11.8. The van der Waals surface area contributed by atoms with Crippen molar-refractivity contribution in [3.8, 4) is 11.1 Å². The summed E-state index contributed by atoms with van der Waals surface area (Å²) in [5, 5.41) is 12.8. The van der Waals surface area contributed by atoms with Crippen molar-refractivity contribution < 1.29 is 4.79 Å². The van der Waals surface area contributed by atoms with Gasteiger partial charge in [-0.15, -0.1) is 0 Å². The molecule has 0 aromatic rings. The van der Waals surface area contributed by atoms with Crippen LogP contribution < -0.4 is 10.6 Å². The molecule has 0 atom stereocenters. The van der Waals surface area contributed by atoms with E-state index >= 15 is 0 Å². The third-order valence-corrected chi connectivity index (χ3v) is 2.99. The number of hydrogen-bond acceptors (Lipinski definition) is 3. The van der Waals surface area contributed by atoms with Crippen molar-refractivity contribution in [2.45, 2.75) is 6.54 Å². The van der Waals surface area contributed by atoms with Gasteiger partial charge in [0.2, 0.25) is 0 Å². The molecule has 17 heavy (non-hydrogen) atoms. The number of nitrogens with zero attached hydrogens (tertiary/aromatic N) is 1. The van der Waals surface area contributed by atoms with Crippen LogP contribution in [0.1, 0.15) is 21.6 Å². The summed E-state index contributed by atoms with van der Waals surface area (Å²) in [5.74, 6) is -0.0640. The summed E-state index contributed by atoms with van der Waals surface area (Å²) < 4.78 is 0. The van der Waals surface area contributed by atoms with E-state index in [2.05, 4.69) is 20.8 Å². The van der Waals surface area contributed by atoms with Crippen molar-refractivity contribution >= 4 is 12.0 Å². The van der Waals surface area contributed by atoms with Crippen molar-refractivity contribution in [3.63, 3.8) is 0 Å². The number of amides is 1. The Kier molecular flexibility index (Phi) is 2.11. The van der Waals surface area contributed by atoms with E-state index in [4.69, 9.17) is 0 Å². The van der Waals surface area contributed by atoms with Crippen LogP contribution in [0.2, 0.25) is 0 Å². The van der Waals surface area contributed by atoms with E-state index in [1.807, 2.05) is 18.3 Å². The Morgan fingerprint density at radius 3 is 3.24 bits per heavy atom. The minimum absolute atomic E-state index is 0.0640. The van der Waals surface area contributed by atoms with Gasteiger partial charge in [-0.2, -0.15) is 5.10 Å². The molecule has 0 fully saturated rings. The summed E-state index contributed by atoms with van der Waals surface area (Å²) in [6.07, 6.45) is 5.54. The molecule has 0 bridgehead atoms. The molecule has 0 unspecified atom stereocenters. The molecular formula is C12H12N4O. The molecule has 5 nitrogen and oxygen atoms in total. The predicted molar refractivity (Wildman–Crippen MR) is 64.5 cm³/mol. The lowest BCUT2D eigenvalue weighted by molar-refractivity contribution is 0.0962. The molecule has 1 amide bonds. The number of carbonyl (C=O) groups excluding carboxylic acids is 1. The lowest BCUT2D eigenvalue weighted by atomic mass is 10.1. The summed E-state index contributed by atoms with van der Waals surface area (Å²) in [6, 6.07) is 1.88. The van der Waals surface area contributed by atoms with E-state index in [1.54, 1.807) is 13.2 Å². The van der Waals surface area contributed by atoms with Gasteiger partial charge >= 0.3 is 0 Å². The lowest BCUT2D eigenvalue weighted by Crippen LogP contribution is -2.19. The molecule has 0 aromatic carbocycles. The Balaban J connectivity index is 2.31. The van der Waals surface area contributed by atoms with Gasteiger partial charge in [-0.1, -0.05) is 0 Å². The van der Waals surface area contributed by atoms with Gasteiger partial charge in [0.05, 0.1) is 11.9 Å². The highest BCUT2D eigenvalue weighted by Crippen LogP contribution is 2.34. The van der Waals surface area contributed by atoms with Crippen molar-refractivity contribution in [2.24, 2.45) is 0 Å². The molecular weight excluding hydrogens is 216 g/mol. The highest BCUT2D eigenvalue weighted by molar-refractivity contribution is 6.01. The first-order chi connectivity index (χ1) is 8.31. The molecule has 3 aliphatic rings. The maximum Gasteiger partial charge on any atom is 0.251 e. The Morgan fingerprint density at radius 1 is 1.53 bits per heavy atom. The van der Waals surface area contributed by atoms with Crippen LogP contribution in [-0.2, 0) is 6.54 Å². The number of nitrogens with one attached hydrogen (secondary N) is 3. The molecule has 1 aliphatic carbocycles. The molecule has 0 radical (unpaired) electrons. The van der Waals surface area contributed by atoms with Gasteiger partial charge in [0.1, 0.15) is 0 Å². The van der Waals surface area contributed by atoms with Crippen molar-refractivity contribution in [1.29, 1.82) is 0 Å². The normalized spacial score (nSPS) is 13.2. The molecule has 0 saturated carbocycles. The van der Waals surface area contributed by atoms with Crippen LogP contribution in [0.4, 0.5) is 0 Å². The fourth-order valence-corrected chi connectivity index (χ4v) is 2.22. The number of H-pyrrole nitrogens is 1. The van der Waals surface area contributed by atoms with Crippen molar-refractivity contribution in [1.82, 2.24) is 20.8 Å². The molecule has 0 aromatic heterocycles. The van der Waals surface area contributed by atoms with E-state index < -0.39 is 0 Å². The number of hydrogen-bond donors (Lipinski definition) is 3. The minimum Gasteiger partial charge on any atom is -0.387 e. The number of aromatic amines is 1. The van der Waals surface area contributed by atoms with Gasteiger partial charge in [-0.25, -0.2) is 0 Å². The number of aromatic nitrogens is 2. The molecule has 86 valence electrons. The molecule has 2 aliphatic heterocycles. The molecule has 3 N–H and O–H groups in total. The van der Waals surface area contributed by atoms with E-state index in [0.29, 0.717) is 12.1 Å². The Morgan fingerprint density at radius 2 is 2.41 bits per heavy atom. The highest BCUT2D eigenvalue weighted by atomic mass is 16.1. The topological polar surface area (TPSA) is 69.8 Å². The summed E-state index contributed by atoms with van der Waals surface area (Å²) in [5.41, 5.74) is 4.71. The summed E-state index contributed by atoms with van der Waals surface area (Å²) in [4.78, 5) is 11.8. The first kappa shape index (κ1) is 9.89. The number of carbonyl (C=O) groups is 1. The summed E-state index contributed by atoms with van der Waals surface area (Å²) >= 11 is 0. The fourth-order valence-electron chi connectivity index (χ4n) is 2.22. The second kappa shape index (κ2) is 3.62. The maximum atomic E-state index is 11.8. The molecule has 5 heteroatoms. The van der Waals surface area contributed by atoms with Gasteiger partial charge < -0.3 is 10.6 Å². The quantitative estimate of drug-likeness (QED) is 0.680. The van der Waals surface area contributed by atoms with Gasteiger partial charge in [0, 0.05) is 30.3 Å². The zero-order valence-corrected chi connectivity index (χ0v) is 9.37.